The molecule has 0 unspecified atom stereocenters. The molecule has 1 aromatic carbocycles. The Morgan fingerprint density at radius 1 is 1.10 bits per heavy atom. The molecule has 1 N–H and O–H groups in total. The third-order valence-electron chi connectivity index (χ3n) is 4.75. The van der Waals surface area contributed by atoms with Gasteiger partial charge < -0.3 is 10.2 Å². The summed E-state index contributed by atoms with van der Waals surface area (Å²) < 4.78 is 27.9. The highest BCUT2D eigenvalue weighted by Crippen LogP contribution is 2.33. The molecule has 0 bridgehead atoms. The van der Waals surface area contributed by atoms with Crippen molar-refractivity contribution in [2.75, 3.05) is 24.5 Å². The Hall–Kier alpha value is -1.16. The van der Waals surface area contributed by atoms with Gasteiger partial charge in [-0.1, -0.05) is 19.3 Å². The van der Waals surface area contributed by atoms with E-state index in [0.717, 1.165) is 32.5 Å². The third kappa shape index (κ3) is 2.53. The van der Waals surface area contributed by atoms with Gasteiger partial charge in [0.05, 0.1) is 5.69 Å². The van der Waals surface area contributed by atoms with Crippen LogP contribution in [0.25, 0.3) is 0 Å². The van der Waals surface area contributed by atoms with E-state index < -0.39 is 0 Å². The number of hydrogen-bond donors (Lipinski definition) is 1. The van der Waals surface area contributed by atoms with Gasteiger partial charge in [0.2, 0.25) is 0 Å². The second-order valence-corrected chi connectivity index (χ2v) is 6.24. The maximum absolute atomic E-state index is 14.1. The number of benzene rings is 1. The average Bonchev–Trinajstić information content (AvgIpc) is 2.44. The Kier molecular flexibility index (Phi) is 3.67. The Labute approximate surface area is 119 Å². The fourth-order valence-corrected chi connectivity index (χ4v) is 3.60. The van der Waals surface area contributed by atoms with Crippen molar-refractivity contribution in [2.45, 2.75) is 44.6 Å². The van der Waals surface area contributed by atoms with Gasteiger partial charge in [-0.05, 0) is 31.4 Å². The lowest BCUT2D eigenvalue weighted by Gasteiger charge is -2.47. The molecular formula is C16H22F2N2. The zero-order valence-corrected chi connectivity index (χ0v) is 12.0. The minimum Gasteiger partial charge on any atom is -0.366 e. The molecule has 3 rings (SSSR count). The highest BCUT2D eigenvalue weighted by Gasteiger charge is 2.36. The van der Waals surface area contributed by atoms with Crippen LogP contribution in [0.2, 0.25) is 0 Å². The van der Waals surface area contributed by atoms with Gasteiger partial charge >= 0.3 is 0 Å². The molecule has 0 aromatic heterocycles. The summed E-state index contributed by atoms with van der Waals surface area (Å²) in [7, 11) is 0. The molecule has 1 aliphatic carbocycles. The van der Waals surface area contributed by atoms with E-state index in [1.54, 1.807) is 6.92 Å². The van der Waals surface area contributed by atoms with Crippen LogP contribution < -0.4 is 10.2 Å². The molecule has 0 atom stereocenters. The summed E-state index contributed by atoms with van der Waals surface area (Å²) in [6, 6.07) is 2.66. The summed E-state index contributed by atoms with van der Waals surface area (Å²) in [5.74, 6) is -0.630. The number of halogens is 2. The van der Waals surface area contributed by atoms with Gasteiger partial charge in [0.1, 0.15) is 11.6 Å². The van der Waals surface area contributed by atoms with Crippen LogP contribution in [0, 0.1) is 18.6 Å². The molecule has 0 amide bonds. The highest BCUT2D eigenvalue weighted by molar-refractivity contribution is 5.50. The monoisotopic (exact) mass is 280 g/mol. The predicted molar refractivity (Wildman–Crippen MR) is 77.1 cm³/mol. The Morgan fingerprint density at radius 3 is 2.60 bits per heavy atom. The molecule has 2 fully saturated rings. The maximum Gasteiger partial charge on any atom is 0.146 e. The van der Waals surface area contributed by atoms with Crippen LogP contribution in [0.1, 0.15) is 37.7 Å². The molecule has 1 heterocycles. The highest BCUT2D eigenvalue weighted by atomic mass is 19.1. The number of nitrogens with zero attached hydrogens (tertiary/aromatic N) is 1. The van der Waals surface area contributed by atoms with E-state index in [9.17, 15) is 8.78 Å². The fraction of sp³-hybridized carbons (Fsp3) is 0.625. The lowest BCUT2D eigenvalue weighted by atomic mass is 9.80. The summed E-state index contributed by atoms with van der Waals surface area (Å²) in [5.41, 5.74) is 0.887. The van der Waals surface area contributed by atoms with Gasteiger partial charge in [0, 0.05) is 31.2 Å². The molecule has 1 spiro atoms. The van der Waals surface area contributed by atoms with Crippen molar-refractivity contribution in [1.29, 1.82) is 0 Å². The van der Waals surface area contributed by atoms with Crippen molar-refractivity contribution in [2.24, 2.45) is 0 Å². The number of piperazine rings is 1. The standard InChI is InChI=1S/C16H22F2N2/c1-12-9-14(18)15(10-13(12)17)20-8-7-19-16(11-20)5-3-2-4-6-16/h9-10,19H,2-8,11H2,1H3. The van der Waals surface area contributed by atoms with Crippen LogP contribution in [0.15, 0.2) is 12.1 Å². The molecule has 1 saturated heterocycles. The third-order valence-corrected chi connectivity index (χ3v) is 4.75. The second kappa shape index (κ2) is 5.32. The topological polar surface area (TPSA) is 15.3 Å². The minimum atomic E-state index is -0.322. The smallest absolute Gasteiger partial charge is 0.146 e. The van der Waals surface area contributed by atoms with Crippen molar-refractivity contribution >= 4 is 5.69 Å². The van der Waals surface area contributed by atoms with E-state index in [1.807, 2.05) is 4.90 Å². The van der Waals surface area contributed by atoms with Crippen molar-refractivity contribution in [3.05, 3.63) is 29.3 Å². The first-order chi connectivity index (χ1) is 9.60. The van der Waals surface area contributed by atoms with Crippen LogP contribution in [0.3, 0.4) is 0 Å². The molecule has 1 saturated carbocycles. The van der Waals surface area contributed by atoms with E-state index in [-0.39, 0.29) is 17.2 Å². The summed E-state index contributed by atoms with van der Waals surface area (Å²) in [5, 5.41) is 3.62. The predicted octanol–water partition coefficient (Wildman–Crippen LogP) is 3.39. The molecule has 4 heteroatoms. The Morgan fingerprint density at radius 2 is 1.85 bits per heavy atom. The number of nitrogens with one attached hydrogen (secondary N) is 1. The fourth-order valence-electron chi connectivity index (χ4n) is 3.60. The van der Waals surface area contributed by atoms with Gasteiger partial charge in [-0.2, -0.15) is 0 Å². The number of aryl methyl sites for hydroxylation is 1. The molecular weight excluding hydrogens is 258 g/mol. The lowest BCUT2D eigenvalue weighted by Crippen LogP contribution is -2.61. The molecule has 110 valence electrons. The van der Waals surface area contributed by atoms with Crippen molar-refractivity contribution in [3.63, 3.8) is 0 Å². The maximum atomic E-state index is 14.1. The molecule has 1 aliphatic heterocycles. The molecule has 2 aliphatic rings. The van der Waals surface area contributed by atoms with E-state index in [2.05, 4.69) is 5.32 Å². The average molecular weight is 280 g/mol. The van der Waals surface area contributed by atoms with E-state index >= 15 is 0 Å². The van der Waals surface area contributed by atoms with E-state index in [4.69, 9.17) is 0 Å². The van der Waals surface area contributed by atoms with Crippen molar-refractivity contribution in [3.8, 4) is 0 Å². The normalized spacial score (nSPS) is 22.2. The zero-order chi connectivity index (χ0) is 14.2. The van der Waals surface area contributed by atoms with Crippen LogP contribution in [-0.4, -0.2) is 25.2 Å². The van der Waals surface area contributed by atoms with Crippen LogP contribution in [0.5, 0.6) is 0 Å². The second-order valence-electron chi connectivity index (χ2n) is 6.24. The van der Waals surface area contributed by atoms with E-state index in [0.29, 0.717) is 11.3 Å². The summed E-state index contributed by atoms with van der Waals surface area (Å²) in [4.78, 5) is 2.01. The Bertz CT molecular complexity index is 490. The first-order valence-corrected chi connectivity index (χ1v) is 7.55. The van der Waals surface area contributed by atoms with Crippen LogP contribution in [0.4, 0.5) is 14.5 Å². The van der Waals surface area contributed by atoms with Crippen molar-refractivity contribution in [1.82, 2.24) is 5.32 Å². The quantitative estimate of drug-likeness (QED) is 0.848. The minimum absolute atomic E-state index is 0.101. The van der Waals surface area contributed by atoms with Gasteiger partial charge in [0.15, 0.2) is 0 Å². The van der Waals surface area contributed by atoms with Crippen molar-refractivity contribution < 1.29 is 8.78 Å². The first-order valence-electron chi connectivity index (χ1n) is 7.55. The van der Waals surface area contributed by atoms with Gasteiger partial charge in [-0.3, -0.25) is 0 Å². The largest absolute Gasteiger partial charge is 0.366 e. The molecule has 1 aromatic rings. The zero-order valence-electron chi connectivity index (χ0n) is 12.0. The number of anilines is 1. The van der Waals surface area contributed by atoms with E-state index in [1.165, 1.54) is 31.4 Å². The van der Waals surface area contributed by atoms with Gasteiger partial charge in [-0.15, -0.1) is 0 Å². The lowest BCUT2D eigenvalue weighted by molar-refractivity contribution is 0.215. The summed E-state index contributed by atoms with van der Waals surface area (Å²) in [6.07, 6.45) is 6.02. The van der Waals surface area contributed by atoms with Gasteiger partial charge in [0.25, 0.3) is 0 Å². The Balaban J connectivity index is 1.85. The molecule has 0 radical (unpaired) electrons. The molecule has 20 heavy (non-hydrogen) atoms. The van der Waals surface area contributed by atoms with Crippen LogP contribution in [-0.2, 0) is 0 Å². The SMILES string of the molecule is Cc1cc(F)c(N2CCNC3(CCCCC3)C2)cc1F. The molecule has 2 nitrogen and oxygen atoms in total. The summed E-state index contributed by atoms with van der Waals surface area (Å²) >= 11 is 0. The first kappa shape index (κ1) is 13.8. The summed E-state index contributed by atoms with van der Waals surface area (Å²) in [6.45, 7) is 3.96. The number of hydrogen-bond acceptors (Lipinski definition) is 2. The number of rotatable bonds is 1. The van der Waals surface area contributed by atoms with Crippen LogP contribution >= 0.6 is 0 Å². The van der Waals surface area contributed by atoms with Gasteiger partial charge in [-0.25, -0.2) is 8.78 Å².